The van der Waals surface area contributed by atoms with E-state index in [1.165, 1.54) is 11.3 Å². The molecular formula is C19H28N6O2S. The summed E-state index contributed by atoms with van der Waals surface area (Å²) in [6.07, 6.45) is 4.92. The summed E-state index contributed by atoms with van der Waals surface area (Å²) in [4.78, 5) is 24.2. The van der Waals surface area contributed by atoms with Crippen LogP contribution in [-0.2, 0) is 11.8 Å². The third kappa shape index (κ3) is 4.27. The minimum absolute atomic E-state index is 0.0287. The van der Waals surface area contributed by atoms with Crippen LogP contribution in [0.4, 0.5) is 0 Å². The Morgan fingerprint density at radius 2 is 2.14 bits per heavy atom. The molecule has 8 nitrogen and oxygen atoms in total. The van der Waals surface area contributed by atoms with E-state index in [9.17, 15) is 4.79 Å². The molecule has 152 valence electrons. The molecule has 9 heteroatoms. The zero-order chi connectivity index (χ0) is 19.5. The van der Waals surface area contributed by atoms with Crippen LogP contribution in [0.5, 0.6) is 0 Å². The summed E-state index contributed by atoms with van der Waals surface area (Å²) in [5.74, 6) is -0.0287. The highest BCUT2D eigenvalue weighted by Gasteiger charge is 2.39. The Morgan fingerprint density at radius 3 is 2.89 bits per heavy atom. The van der Waals surface area contributed by atoms with E-state index < -0.39 is 0 Å². The molecule has 0 spiro atoms. The zero-order valence-electron chi connectivity index (χ0n) is 16.5. The van der Waals surface area contributed by atoms with E-state index in [-0.39, 0.29) is 18.1 Å². The van der Waals surface area contributed by atoms with E-state index in [0.717, 1.165) is 44.7 Å². The second-order valence-corrected chi connectivity index (χ2v) is 8.35. The van der Waals surface area contributed by atoms with Crippen LogP contribution in [0.25, 0.3) is 0 Å². The van der Waals surface area contributed by atoms with E-state index in [4.69, 9.17) is 4.74 Å². The van der Waals surface area contributed by atoms with Crippen LogP contribution in [0, 0.1) is 0 Å². The number of aryl methyl sites for hydroxylation is 1. The Kier molecular flexibility index (Phi) is 6.05. The monoisotopic (exact) mass is 404 g/mol. The van der Waals surface area contributed by atoms with Crippen molar-refractivity contribution in [1.82, 2.24) is 29.5 Å². The third-order valence-corrected chi connectivity index (χ3v) is 6.17. The van der Waals surface area contributed by atoms with E-state index in [1.54, 1.807) is 10.2 Å². The molecule has 2 fully saturated rings. The van der Waals surface area contributed by atoms with Gasteiger partial charge in [0.25, 0.3) is 5.91 Å². The minimum Gasteiger partial charge on any atom is -0.373 e. The van der Waals surface area contributed by atoms with Gasteiger partial charge in [0.15, 0.2) is 0 Å². The van der Waals surface area contributed by atoms with Gasteiger partial charge in [0.05, 0.1) is 30.5 Å². The van der Waals surface area contributed by atoms with Crippen LogP contribution in [0.15, 0.2) is 23.3 Å². The van der Waals surface area contributed by atoms with Crippen molar-refractivity contribution in [3.05, 3.63) is 34.5 Å². The number of likely N-dealkylation sites (N-methyl/N-ethyl adjacent to an activating group) is 1. The van der Waals surface area contributed by atoms with Crippen molar-refractivity contribution in [2.75, 3.05) is 52.9 Å². The first-order valence-corrected chi connectivity index (χ1v) is 10.8. The van der Waals surface area contributed by atoms with Gasteiger partial charge < -0.3 is 14.5 Å². The lowest BCUT2D eigenvalue weighted by atomic mass is 9.99. The molecule has 2 aliphatic rings. The summed E-state index contributed by atoms with van der Waals surface area (Å²) in [6, 6.07) is -0.155. The minimum atomic E-state index is -0.155. The average Bonchev–Trinajstić information content (AvgIpc) is 3.33. The first-order valence-electron chi connectivity index (χ1n) is 9.82. The van der Waals surface area contributed by atoms with Gasteiger partial charge in [0.1, 0.15) is 5.69 Å². The van der Waals surface area contributed by atoms with Crippen molar-refractivity contribution in [2.24, 2.45) is 7.05 Å². The van der Waals surface area contributed by atoms with Crippen LogP contribution in [-0.4, -0.2) is 94.4 Å². The van der Waals surface area contributed by atoms with Gasteiger partial charge in [-0.1, -0.05) is 0 Å². The summed E-state index contributed by atoms with van der Waals surface area (Å²) in [5.41, 5.74) is 3.23. The lowest BCUT2D eigenvalue weighted by Gasteiger charge is -2.42. The molecule has 28 heavy (non-hydrogen) atoms. The van der Waals surface area contributed by atoms with Gasteiger partial charge in [-0.15, -0.1) is 11.3 Å². The van der Waals surface area contributed by atoms with Crippen molar-refractivity contribution in [1.29, 1.82) is 0 Å². The maximum absolute atomic E-state index is 13.2. The highest BCUT2D eigenvalue weighted by atomic mass is 32.1. The first-order chi connectivity index (χ1) is 13.6. The molecule has 0 radical (unpaired) electrons. The number of rotatable bonds is 4. The number of amides is 1. The number of carbonyl (C=O) groups is 1. The Labute approximate surface area is 169 Å². The molecule has 4 heterocycles. The normalized spacial score (nSPS) is 25.0. The number of aromatic nitrogens is 3. The van der Waals surface area contributed by atoms with Gasteiger partial charge in [-0.25, -0.2) is 4.98 Å². The molecule has 4 rings (SSSR count). The van der Waals surface area contributed by atoms with Crippen LogP contribution in [0.1, 0.15) is 28.5 Å². The van der Waals surface area contributed by atoms with Gasteiger partial charge in [-0.2, -0.15) is 5.10 Å². The summed E-state index contributed by atoms with van der Waals surface area (Å²) >= 11 is 1.45. The predicted octanol–water partition coefficient (Wildman–Crippen LogP) is 1.10. The van der Waals surface area contributed by atoms with Crippen molar-refractivity contribution in [3.63, 3.8) is 0 Å². The number of hydrogen-bond donors (Lipinski definition) is 0. The topological polar surface area (TPSA) is 66.7 Å². The molecule has 2 aromatic heterocycles. The van der Waals surface area contributed by atoms with Gasteiger partial charge in [0, 0.05) is 50.4 Å². The Hall–Kier alpha value is -1.81. The summed E-state index contributed by atoms with van der Waals surface area (Å²) in [7, 11) is 4.08. The fourth-order valence-electron chi connectivity index (χ4n) is 4.10. The standard InChI is InChI=1S/C19H28N6O2S/c1-22-4-3-5-24(7-6-22)12-17-18(15-10-21-23(2)11-15)25(8-9-27-17)19(26)16-13-28-14-20-16/h10-11,13-14,17-18H,3-9,12H2,1-2H3/t17-,18-/m0/s1. The Bertz CT molecular complexity index is 779. The molecular weight excluding hydrogens is 376 g/mol. The van der Waals surface area contributed by atoms with E-state index in [1.807, 2.05) is 29.7 Å². The van der Waals surface area contributed by atoms with Crippen LogP contribution >= 0.6 is 11.3 Å². The maximum atomic E-state index is 13.2. The molecule has 0 saturated carbocycles. The average molecular weight is 405 g/mol. The summed E-state index contributed by atoms with van der Waals surface area (Å²) in [6.45, 7) is 6.20. The largest absolute Gasteiger partial charge is 0.373 e. The van der Waals surface area contributed by atoms with Crippen LogP contribution in [0.2, 0.25) is 0 Å². The van der Waals surface area contributed by atoms with Gasteiger partial charge in [-0.3, -0.25) is 14.4 Å². The first kappa shape index (κ1) is 19.5. The third-order valence-electron chi connectivity index (χ3n) is 5.58. The summed E-state index contributed by atoms with van der Waals surface area (Å²) < 4.78 is 8.00. The Balaban J connectivity index is 1.57. The number of nitrogens with zero attached hydrogens (tertiary/aromatic N) is 6. The molecule has 0 unspecified atom stereocenters. The number of ether oxygens (including phenoxy) is 1. The fraction of sp³-hybridized carbons (Fsp3) is 0.632. The molecule has 1 amide bonds. The van der Waals surface area contributed by atoms with Gasteiger partial charge >= 0.3 is 0 Å². The predicted molar refractivity (Wildman–Crippen MR) is 107 cm³/mol. The smallest absolute Gasteiger partial charge is 0.274 e. The molecule has 2 atom stereocenters. The molecule has 0 aromatic carbocycles. The van der Waals surface area contributed by atoms with E-state index >= 15 is 0 Å². The number of morpholine rings is 1. The van der Waals surface area contributed by atoms with E-state index in [2.05, 4.69) is 26.9 Å². The summed E-state index contributed by atoms with van der Waals surface area (Å²) in [5, 5.41) is 6.16. The number of carbonyl (C=O) groups excluding carboxylic acids is 1. The van der Waals surface area contributed by atoms with Crippen molar-refractivity contribution >= 4 is 17.2 Å². The molecule has 2 aliphatic heterocycles. The Morgan fingerprint density at radius 1 is 1.25 bits per heavy atom. The van der Waals surface area contributed by atoms with Crippen LogP contribution in [0.3, 0.4) is 0 Å². The molecule has 2 aromatic rings. The zero-order valence-corrected chi connectivity index (χ0v) is 17.3. The second-order valence-electron chi connectivity index (χ2n) is 7.63. The quantitative estimate of drug-likeness (QED) is 0.760. The second kappa shape index (κ2) is 8.69. The molecule has 0 N–H and O–H groups in total. The van der Waals surface area contributed by atoms with Gasteiger partial charge in [-0.05, 0) is 26.6 Å². The SMILES string of the molecule is CN1CCCN(C[C@@H]2OCCN(C(=O)c3cscn3)[C@H]2c2cnn(C)c2)CC1. The fourth-order valence-corrected chi connectivity index (χ4v) is 4.63. The molecule has 0 aliphatic carbocycles. The molecule has 0 bridgehead atoms. The van der Waals surface area contributed by atoms with Crippen molar-refractivity contribution in [3.8, 4) is 0 Å². The molecule has 2 saturated heterocycles. The van der Waals surface area contributed by atoms with Crippen LogP contribution < -0.4 is 0 Å². The lowest BCUT2D eigenvalue weighted by Crippen LogP contribution is -2.52. The van der Waals surface area contributed by atoms with Gasteiger partial charge in [0.2, 0.25) is 0 Å². The maximum Gasteiger partial charge on any atom is 0.274 e. The highest BCUT2D eigenvalue weighted by Crippen LogP contribution is 2.31. The van der Waals surface area contributed by atoms with Crippen molar-refractivity contribution in [2.45, 2.75) is 18.6 Å². The van der Waals surface area contributed by atoms with Crippen molar-refractivity contribution < 1.29 is 9.53 Å². The van der Waals surface area contributed by atoms with E-state index in [0.29, 0.717) is 18.8 Å². The number of thiazole rings is 1. The number of hydrogen-bond acceptors (Lipinski definition) is 7. The highest BCUT2D eigenvalue weighted by molar-refractivity contribution is 7.07. The lowest BCUT2D eigenvalue weighted by molar-refractivity contribution is -0.0724.